The number of ketones is 1. The van der Waals surface area contributed by atoms with E-state index in [4.69, 9.17) is 11.6 Å². The first kappa shape index (κ1) is 10.7. The highest BCUT2D eigenvalue weighted by molar-refractivity contribution is 7.22. The number of halogens is 1. The Hall–Kier alpha value is -1.46. The molecular weight excluding hydrogens is 260 g/mol. The molecule has 0 aliphatic carbocycles. The molecule has 6 heteroatoms. The van der Waals surface area contributed by atoms with E-state index >= 15 is 0 Å². The molecule has 0 bridgehead atoms. The molecule has 2 heterocycles. The van der Waals surface area contributed by atoms with E-state index in [2.05, 4.69) is 4.98 Å². The van der Waals surface area contributed by atoms with Gasteiger partial charge in [-0.3, -0.25) is 9.59 Å². The van der Waals surface area contributed by atoms with Gasteiger partial charge in [-0.15, -0.1) is 11.3 Å². The molecule has 2 aromatic rings. The average molecular weight is 267 g/mol. The average Bonchev–Trinajstić information content (AvgIpc) is 2.78. The number of amides is 1. The SMILES string of the molecule is O=C1CC(=O)N(c2ccc3sc(Cl)nc3c2)C1. The summed E-state index contributed by atoms with van der Waals surface area (Å²) in [4.78, 5) is 28.4. The number of anilines is 1. The molecule has 4 nitrogen and oxygen atoms in total. The largest absolute Gasteiger partial charge is 0.305 e. The van der Waals surface area contributed by atoms with Gasteiger partial charge in [0, 0.05) is 5.69 Å². The van der Waals surface area contributed by atoms with Gasteiger partial charge in [0.25, 0.3) is 0 Å². The van der Waals surface area contributed by atoms with Crippen LogP contribution in [0.1, 0.15) is 6.42 Å². The molecule has 1 aliphatic heterocycles. The van der Waals surface area contributed by atoms with Crippen molar-refractivity contribution in [2.75, 3.05) is 11.4 Å². The number of carbonyl (C=O) groups is 2. The van der Waals surface area contributed by atoms with Crippen LogP contribution in [0.5, 0.6) is 0 Å². The van der Waals surface area contributed by atoms with Gasteiger partial charge in [-0.2, -0.15) is 0 Å². The summed E-state index contributed by atoms with van der Waals surface area (Å²) in [7, 11) is 0. The molecule has 1 fully saturated rings. The minimum atomic E-state index is -0.157. The van der Waals surface area contributed by atoms with Crippen molar-refractivity contribution in [3.8, 4) is 0 Å². The summed E-state index contributed by atoms with van der Waals surface area (Å²) >= 11 is 7.21. The highest BCUT2D eigenvalue weighted by Crippen LogP contribution is 2.30. The number of Topliss-reactive ketones (excluding diaryl/α,β-unsaturated/α-hetero) is 1. The Morgan fingerprint density at radius 2 is 2.18 bits per heavy atom. The number of aromatic nitrogens is 1. The Labute approximate surface area is 106 Å². The molecule has 0 N–H and O–H groups in total. The Morgan fingerprint density at radius 3 is 2.88 bits per heavy atom. The van der Waals surface area contributed by atoms with Gasteiger partial charge in [0.1, 0.15) is 0 Å². The lowest BCUT2D eigenvalue weighted by molar-refractivity contribution is -0.121. The van der Waals surface area contributed by atoms with Crippen molar-refractivity contribution in [2.45, 2.75) is 6.42 Å². The standard InChI is InChI=1S/C11H7ClN2O2S/c12-11-13-8-3-6(1-2-9(8)17-11)14-5-7(15)4-10(14)16/h1-3H,4-5H2. The number of hydrogen-bond acceptors (Lipinski definition) is 4. The second kappa shape index (κ2) is 3.78. The van der Waals surface area contributed by atoms with Crippen LogP contribution in [0.2, 0.25) is 4.47 Å². The fraction of sp³-hybridized carbons (Fsp3) is 0.182. The monoisotopic (exact) mass is 266 g/mol. The molecule has 3 rings (SSSR count). The molecule has 1 amide bonds. The molecule has 1 aromatic heterocycles. The van der Waals surface area contributed by atoms with Crippen LogP contribution < -0.4 is 4.90 Å². The highest BCUT2D eigenvalue weighted by Gasteiger charge is 2.28. The smallest absolute Gasteiger partial charge is 0.234 e. The van der Waals surface area contributed by atoms with Crippen LogP contribution in [0.25, 0.3) is 10.2 Å². The van der Waals surface area contributed by atoms with E-state index in [0.29, 0.717) is 10.2 Å². The second-order valence-electron chi connectivity index (χ2n) is 3.81. The van der Waals surface area contributed by atoms with Gasteiger partial charge in [-0.25, -0.2) is 4.98 Å². The lowest BCUT2D eigenvalue weighted by Crippen LogP contribution is -2.24. The summed E-state index contributed by atoms with van der Waals surface area (Å²) in [5.41, 5.74) is 1.46. The summed E-state index contributed by atoms with van der Waals surface area (Å²) in [5.74, 6) is -0.206. The number of thiazole rings is 1. The van der Waals surface area contributed by atoms with E-state index in [1.807, 2.05) is 12.1 Å². The lowest BCUT2D eigenvalue weighted by atomic mass is 10.3. The van der Waals surface area contributed by atoms with E-state index in [9.17, 15) is 9.59 Å². The third-order valence-electron chi connectivity index (χ3n) is 2.64. The third-order valence-corrected chi connectivity index (χ3v) is 3.78. The van der Waals surface area contributed by atoms with Crippen LogP contribution >= 0.6 is 22.9 Å². The summed E-state index contributed by atoms with van der Waals surface area (Å²) < 4.78 is 1.44. The van der Waals surface area contributed by atoms with E-state index in [-0.39, 0.29) is 24.7 Å². The molecule has 0 unspecified atom stereocenters. The van der Waals surface area contributed by atoms with Crippen LogP contribution in [0.15, 0.2) is 18.2 Å². The highest BCUT2D eigenvalue weighted by atomic mass is 35.5. The Morgan fingerprint density at radius 1 is 1.35 bits per heavy atom. The number of nitrogens with zero attached hydrogens (tertiary/aromatic N) is 2. The maximum atomic E-state index is 11.6. The summed E-state index contributed by atoms with van der Waals surface area (Å²) in [6.07, 6.45) is -0.00411. The van der Waals surface area contributed by atoms with E-state index < -0.39 is 0 Å². The van der Waals surface area contributed by atoms with E-state index in [1.54, 1.807) is 6.07 Å². The van der Waals surface area contributed by atoms with Crippen LogP contribution in [0.3, 0.4) is 0 Å². The molecule has 0 spiro atoms. The first-order valence-electron chi connectivity index (χ1n) is 5.01. The third kappa shape index (κ3) is 1.81. The van der Waals surface area contributed by atoms with Crippen molar-refractivity contribution in [1.82, 2.24) is 4.98 Å². The number of rotatable bonds is 1. The van der Waals surface area contributed by atoms with Crippen molar-refractivity contribution >= 4 is 50.5 Å². The molecule has 1 aromatic carbocycles. The number of carbonyl (C=O) groups excluding carboxylic acids is 2. The van der Waals surface area contributed by atoms with Crippen molar-refractivity contribution in [2.24, 2.45) is 0 Å². The first-order valence-corrected chi connectivity index (χ1v) is 6.21. The zero-order chi connectivity index (χ0) is 12.0. The molecular formula is C11H7ClN2O2S. The van der Waals surface area contributed by atoms with Crippen molar-refractivity contribution in [1.29, 1.82) is 0 Å². The van der Waals surface area contributed by atoms with Crippen LogP contribution in [-0.2, 0) is 9.59 Å². The Bertz CT molecular complexity index is 637. The molecule has 1 aliphatic rings. The zero-order valence-electron chi connectivity index (χ0n) is 8.64. The summed E-state index contributed by atoms with van der Waals surface area (Å²) in [5, 5.41) is 0. The maximum Gasteiger partial charge on any atom is 0.234 e. The van der Waals surface area contributed by atoms with Gasteiger partial charge in [-0.05, 0) is 18.2 Å². The van der Waals surface area contributed by atoms with E-state index in [1.165, 1.54) is 16.2 Å². The van der Waals surface area contributed by atoms with Crippen LogP contribution in [-0.4, -0.2) is 23.2 Å². The van der Waals surface area contributed by atoms with Gasteiger partial charge in [0.15, 0.2) is 10.3 Å². The minimum absolute atomic E-state index is 0.00411. The number of fused-ring (bicyclic) bond motifs is 1. The predicted octanol–water partition coefficient (Wildman–Crippen LogP) is 2.26. The number of hydrogen-bond donors (Lipinski definition) is 0. The van der Waals surface area contributed by atoms with Crippen molar-refractivity contribution in [3.05, 3.63) is 22.7 Å². The van der Waals surface area contributed by atoms with Crippen molar-refractivity contribution < 1.29 is 9.59 Å². The van der Waals surface area contributed by atoms with Gasteiger partial charge in [-0.1, -0.05) is 11.6 Å². The van der Waals surface area contributed by atoms with Gasteiger partial charge < -0.3 is 4.90 Å². The van der Waals surface area contributed by atoms with Crippen LogP contribution in [0.4, 0.5) is 5.69 Å². The fourth-order valence-electron chi connectivity index (χ4n) is 1.88. The van der Waals surface area contributed by atoms with E-state index in [0.717, 1.165) is 10.2 Å². The summed E-state index contributed by atoms with van der Waals surface area (Å²) in [6.45, 7) is 0.155. The Balaban J connectivity index is 2.05. The quantitative estimate of drug-likeness (QED) is 0.744. The molecule has 0 atom stereocenters. The minimum Gasteiger partial charge on any atom is -0.305 e. The fourth-order valence-corrected chi connectivity index (χ4v) is 2.89. The van der Waals surface area contributed by atoms with Crippen LogP contribution in [0, 0.1) is 0 Å². The molecule has 0 radical (unpaired) electrons. The normalized spacial score (nSPS) is 16.2. The first-order chi connectivity index (χ1) is 8.13. The lowest BCUT2D eigenvalue weighted by Gasteiger charge is -2.14. The molecule has 0 saturated carbocycles. The molecule has 86 valence electrons. The zero-order valence-corrected chi connectivity index (χ0v) is 10.2. The van der Waals surface area contributed by atoms with Crippen molar-refractivity contribution in [3.63, 3.8) is 0 Å². The molecule has 17 heavy (non-hydrogen) atoms. The van der Waals surface area contributed by atoms with Gasteiger partial charge in [0.05, 0.1) is 23.2 Å². The number of benzene rings is 1. The predicted molar refractivity (Wildman–Crippen MR) is 66.6 cm³/mol. The topological polar surface area (TPSA) is 50.3 Å². The molecule has 1 saturated heterocycles. The summed E-state index contributed by atoms with van der Waals surface area (Å²) in [6, 6.07) is 5.46. The Kier molecular flexibility index (Phi) is 2.38. The second-order valence-corrected chi connectivity index (χ2v) is 5.43. The van der Waals surface area contributed by atoms with Gasteiger partial charge >= 0.3 is 0 Å². The maximum absolute atomic E-state index is 11.6. The van der Waals surface area contributed by atoms with Gasteiger partial charge in [0.2, 0.25) is 5.91 Å².